The van der Waals surface area contributed by atoms with Crippen molar-refractivity contribution >= 4 is 29.0 Å². The molecule has 3 rings (SSSR count). The number of halogens is 1. The van der Waals surface area contributed by atoms with Crippen molar-refractivity contribution in [1.82, 2.24) is 14.9 Å². The first-order chi connectivity index (χ1) is 12.2. The lowest BCUT2D eigenvalue weighted by molar-refractivity contribution is -0.117. The molecule has 1 fully saturated rings. The normalized spacial score (nSPS) is 15.0. The molecule has 25 heavy (non-hydrogen) atoms. The molecule has 1 saturated heterocycles. The van der Waals surface area contributed by atoms with Crippen molar-refractivity contribution in [1.29, 1.82) is 0 Å². The summed E-state index contributed by atoms with van der Waals surface area (Å²) in [5, 5.41) is 3.34. The van der Waals surface area contributed by atoms with E-state index in [9.17, 15) is 4.79 Å². The highest BCUT2D eigenvalue weighted by atomic mass is 35.5. The van der Waals surface area contributed by atoms with Crippen molar-refractivity contribution in [3.05, 3.63) is 41.8 Å². The van der Waals surface area contributed by atoms with Crippen LogP contribution in [0.1, 0.15) is 0 Å². The maximum atomic E-state index is 12.2. The quantitative estimate of drug-likeness (QED) is 0.877. The summed E-state index contributed by atoms with van der Waals surface area (Å²) < 4.78 is 5.11. The summed E-state index contributed by atoms with van der Waals surface area (Å²) >= 11 is 6.08. The fourth-order valence-electron chi connectivity index (χ4n) is 2.74. The maximum Gasteiger partial charge on any atom is 0.238 e. The summed E-state index contributed by atoms with van der Waals surface area (Å²) in [6, 6.07) is 5.19. The second-order valence-corrected chi connectivity index (χ2v) is 6.13. The third-order valence-electron chi connectivity index (χ3n) is 4.05. The van der Waals surface area contributed by atoms with E-state index >= 15 is 0 Å². The highest BCUT2D eigenvalue weighted by molar-refractivity contribution is 6.32. The van der Waals surface area contributed by atoms with Crippen molar-refractivity contribution in [2.45, 2.75) is 0 Å². The molecule has 0 atom stereocenters. The van der Waals surface area contributed by atoms with E-state index in [1.807, 2.05) is 0 Å². The molecule has 1 aliphatic heterocycles. The Bertz CT molecular complexity index is 720. The third-order valence-corrected chi connectivity index (χ3v) is 4.34. The molecule has 0 radical (unpaired) electrons. The zero-order valence-electron chi connectivity index (χ0n) is 14.0. The van der Waals surface area contributed by atoms with Crippen LogP contribution in [-0.2, 0) is 4.79 Å². The molecule has 132 valence electrons. The predicted molar refractivity (Wildman–Crippen MR) is 97.3 cm³/mol. The Balaban J connectivity index is 1.49. The number of amides is 1. The van der Waals surface area contributed by atoms with Crippen LogP contribution >= 0.6 is 11.6 Å². The van der Waals surface area contributed by atoms with Crippen molar-refractivity contribution in [3.63, 3.8) is 0 Å². The minimum Gasteiger partial charge on any atom is -0.495 e. The minimum atomic E-state index is -0.0609. The van der Waals surface area contributed by atoms with Gasteiger partial charge in [-0.05, 0) is 18.2 Å². The van der Waals surface area contributed by atoms with Gasteiger partial charge < -0.3 is 15.0 Å². The Kier molecular flexibility index (Phi) is 5.67. The lowest BCUT2D eigenvalue weighted by Crippen LogP contribution is -2.48. The number of ether oxygens (including phenoxy) is 1. The van der Waals surface area contributed by atoms with Gasteiger partial charge in [0.2, 0.25) is 5.91 Å². The molecule has 1 N–H and O–H groups in total. The monoisotopic (exact) mass is 361 g/mol. The summed E-state index contributed by atoms with van der Waals surface area (Å²) in [6.07, 6.45) is 5.11. The average Bonchev–Trinajstić information content (AvgIpc) is 2.63. The van der Waals surface area contributed by atoms with E-state index in [1.165, 1.54) is 0 Å². The molecular weight excluding hydrogens is 342 g/mol. The molecule has 1 aromatic carbocycles. The molecule has 0 aliphatic carbocycles. The van der Waals surface area contributed by atoms with Crippen molar-refractivity contribution in [2.24, 2.45) is 0 Å². The Morgan fingerprint density at radius 3 is 2.72 bits per heavy atom. The molecule has 1 amide bonds. The van der Waals surface area contributed by atoms with Gasteiger partial charge in [-0.25, -0.2) is 4.98 Å². The fraction of sp³-hybridized carbons (Fsp3) is 0.353. The molecule has 2 aromatic rings. The van der Waals surface area contributed by atoms with Gasteiger partial charge in [0.15, 0.2) is 0 Å². The first-order valence-electron chi connectivity index (χ1n) is 8.02. The van der Waals surface area contributed by atoms with Crippen LogP contribution in [0.2, 0.25) is 5.02 Å². The van der Waals surface area contributed by atoms with Gasteiger partial charge >= 0.3 is 0 Å². The number of piperazine rings is 1. The van der Waals surface area contributed by atoms with Crippen molar-refractivity contribution in [2.75, 3.05) is 50.1 Å². The zero-order valence-corrected chi connectivity index (χ0v) is 14.7. The molecule has 0 spiro atoms. The van der Waals surface area contributed by atoms with Crippen LogP contribution in [0, 0.1) is 0 Å². The van der Waals surface area contributed by atoms with Gasteiger partial charge in [0.05, 0.1) is 24.9 Å². The number of carbonyl (C=O) groups excluding carboxylic acids is 1. The Hall–Kier alpha value is -2.38. The molecule has 8 heteroatoms. The molecule has 0 unspecified atom stereocenters. The van der Waals surface area contributed by atoms with E-state index in [0.29, 0.717) is 23.0 Å². The van der Waals surface area contributed by atoms with Crippen LogP contribution in [0.3, 0.4) is 0 Å². The first kappa shape index (κ1) is 17.4. The highest BCUT2D eigenvalue weighted by Crippen LogP contribution is 2.27. The number of aromatic nitrogens is 2. The van der Waals surface area contributed by atoms with E-state index in [2.05, 4.69) is 25.1 Å². The number of methoxy groups -OCH3 is 1. The SMILES string of the molecule is COc1ccc(NC(=O)CN2CCN(c3cnccn3)CC2)cc1Cl. The fourth-order valence-corrected chi connectivity index (χ4v) is 3.00. The van der Waals surface area contributed by atoms with Gasteiger partial charge in [-0.1, -0.05) is 11.6 Å². The number of hydrogen-bond acceptors (Lipinski definition) is 6. The van der Waals surface area contributed by atoms with Crippen LogP contribution in [0.4, 0.5) is 11.5 Å². The van der Waals surface area contributed by atoms with Crippen LogP contribution in [0.25, 0.3) is 0 Å². The summed E-state index contributed by atoms with van der Waals surface area (Å²) in [4.78, 5) is 24.9. The summed E-state index contributed by atoms with van der Waals surface area (Å²) in [5.74, 6) is 1.40. The van der Waals surface area contributed by atoms with Crippen LogP contribution in [0.15, 0.2) is 36.8 Å². The van der Waals surface area contributed by atoms with Gasteiger partial charge in [-0.3, -0.25) is 14.7 Å². The van der Waals surface area contributed by atoms with Gasteiger partial charge in [0.25, 0.3) is 0 Å². The number of anilines is 2. The van der Waals surface area contributed by atoms with Gasteiger partial charge in [-0.2, -0.15) is 0 Å². The molecule has 1 aromatic heterocycles. The van der Waals surface area contributed by atoms with Crippen LogP contribution < -0.4 is 15.0 Å². The van der Waals surface area contributed by atoms with E-state index in [-0.39, 0.29) is 5.91 Å². The van der Waals surface area contributed by atoms with Crippen LogP contribution in [0.5, 0.6) is 5.75 Å². The van der Waals surface area contributed by atoms with E-state index in [1.54, 1.807) is 43.9 Å². The summed E-state index contributed by atoms with van der Waals surface area (Å²) in [5.41, 5.74) is 0.661. The van der Waals surface area contributed by atoms with Gasteiger partial charge in [-0.15, -0.1) is 0 Å². The summed E-state index contributed by atoms with van der Waals surface area (Å²) in [6.45, 7) is 3.58. The van der Waals surface area contributed by atoms with Crippen LogP contribution in [-0.4, -0.2) is 60.6 Å². The Morgan fingerprint density at radius 2 is 2.08 bits per heavy atom. The number of nitrogens with one attached hydrogen (secondary N) is 1. The standard InChI is InChI=1S/C17H20ClN5O2/c1-25-15-3-2-13(10-14(15)18)21-17(24)12-22-6-8-23(9-7-22)16-11-19-4-5-20-16/h2-5,10-11H,6-9,12H2,1H3,(H,21,24). The number of hydrogen-bond donors (Lipinski definition) is 1. The molecule has 0 bridgehead atoms. The molecule has 2 heterocycles. The maximum absolute atomic E-state index is 12.2. The summed E-state index contributed by atoms with van der Waals surface area (Å²) in [7, 11) is 1.56. The second kappa shape index (κ2) is 8.13. The highest BCUT2D eigenvalue weighted by Gasteiger charge is 2.20. The molecule has 0 saturated carbocycles. The smallest absolute Gasteiger partial charge is 0.238 e. The van der Waals surface area contributed by atoms with Gasteiger partial charge in [0, 0.05) is 44.3 Å². The average molecular weight is 362 g/mol. The zero-order chi connectivity index (χ0) is 17.6. The van der Waals surface area contributed by atoms with Crippen molar-refractivity contribution < 1.29 is 9.53 Å². The molecule has 1 aliphatic rings. The third kappa shape index (κ3) is 4.58. The molecular formula is C17H20ClN5O2. The lowest BCUT2D eigenvalue weighted by atomic mass is 10.3. The number of benzene rings is 1. The lowest BCUT2D eigenvalue weighted by Gasteiger charge is -2.34. The Labute approximate surface area is 151 Å². The Morgan fingerprint density at radius 1 is 1.28 bits per heavy atom. The number of nitrogens with zero attached hydrogens (tertiary/aromatic N) is 4. The second-order valence-electron chi connectivity index (χ2n) is 5.72. The van der Waals surface area contributed by atoms with E-state index in [0.717, 1.165) is 32.0 Å². The predicted octanol–water partition coefficient (Wildman–Crippen LogP) is 1.90. The van der Waals surface area contributed by atoms with E-state index in [4.69, 9.17) is 16.3 Å². The number of rotatable bonds is 5. The minimum absolute atomic E-state index is 0.0609. The molecule has 7 nitrogen and oxygen atoms in total. The topological polar surface area (TPSA) is 70.6 Å². The van der Waals surface area contributed by atoms with Gasteiger partial charge in [0.1, 0.15) is 11.6 Å². The number of carbonyl (C=O) groups is 1. The first-order valence-corrected chi connectivity index (χ1v) is 8.40. The largest absolute Gasteiger partial charge is 0.495 e. The van der Waals surface area contributed by atoms with E-state index < -0.39 is 0 Å². The van der Waals surface area contributed by atoms with Crippen molar-refractivity contribution in [3.8, 4) is 5.75 Å².